The number of β-amino-alcohol motifs (C(OH)–C–C–N with tert-alkyl or cyclic N) is 3. The van der Waals surface area contributed by atoms with Crippen molar-refractivity contribution in [1.29, 1.82) is 0 Å². The molecule has 19 nitrogen and oxygen atoms in total. The summed E-state index contributed by atoms with van der Waals surface area (Å²) in [5, 5.41) is 28.7. The third kappa shape index (κ3) is 10.5. The van der Waals surface area contributed by atoms with Crippen molar-refractivity contribution in [2.24, 2.45) is 17.8 Å². The van der Waals surface area contributed by atoms with Crippen LogP contribution < -0.4 is 0 Å². The average molecular weight is 780 g/mol. The molecule has 0 aromatic heterocycles. The van der Waals surface area contributed by atoms with Gasteiger partial charge in [0.25, 0.3) is 0 Å². The van der Waals surface area contributed by atoms with Crippen LogP contribution in [0.1, 0.15) is 78.6 Å². The van der Waals surface area contributed by atoms with Gasteiger partial charge in [-0.2, -0.15) is 0 Å². The smallest absolute Gasteiger partial charge is 0.333 e. The maximum atomic E-state index is 13.6. The lowest BCUT2D eigenvalue weighted by molar-refractivity contribution is -0.151. The van der Waals surface area contributed by atoms with Crippen LogP contribution in [-0.2, 0) is 28.8 Å². The van der Waals surface area contributed by atoms with Gasteiger partial charge in [0.05, 0.1) is 39.5 Å². The van der Waals surface area contributed by atoms with E-state index in [-0.39, 0.29) is 78.2 Å². The number of rotatable bonds is 24. The Hall–Kier alpha value is -4.33. The largest absolute Gasteiger partial charge is 0.395 e. The Morgan fingerprint density at radius 3 is 0.818 bits per heavy atom. The van der Waals surface area contributed by atoms with E-state index < -0.39 is 91.1 Å². The van der Waals surface area contributed by atoms with E-state index in [0.29, 0.717) is 38.5 Å². The summed E-state index contributed by atoms with van der Waals surface area (Å²) in [6, 6.07) is -2.77. The zero-order valence-electron chi connectivity index (χ0n) is 32.2. The first-order valence-corrected chi connectivity index (χ1v) is 19.4. The fourth-order valence-electron chi connectivity index (χ4n) is 7.01. The summed E-state index contributed by atoms with van der Waals surface area (Å²) < 4.78 is 0. The third-order valence-corrected chi connectivity index (χ3v) is 10.2. The van der Waals surface area contributed by atoms with Gasteiger partial charge in [-0.05, 0) is 19.3 Å². The Morgan fingerprint density at radius 1 is 0.400 bits per heavy atom. The van der Waals surface area contributed by atoms with Gasteiger partial charge in [-0.25, -0.2) is 14.4 Å². The van der Waals surface area contributed by atoms with E-state index in [0.717, 1.165) is 29.4 Å². The minimum Gasteiger partial charge on any atom is -0.395 e. The van der Waals surface area contributed by atoms with Crippen molar-refractivity contribution in [1.82, 2.24) is 34.3 Å². The van der Waals surface area contributed by atoms with Crippen LogP contribution in [0.5, 0.6) is 0 Å². The summed E-state index contributed by atoms with van der Waals surface area (Å²) in [6.45, 7) is 1.97. The number of hydrogen-bond acceptors (Lipinski definition) is 13. The maximum absolute atomic E-state index is 13.6. The van der Waals surface area contributed by atoms with Crippen molar-refractivity contribution in [3.8, 4) is 0 Å². The van der Waals surface area contributed by atoms with Crippen molar-refractivity contribution in [2.45, 2.75) is 78.6 Å². The molecule has 19 heteroatoms. The number of aliphatic hydroxyl groups is 3. The van der Waals surface area contributed by atoms with Crippen LogP contribution in [0.2, 0.25) is 0 Å². The molecule has 3 unspecified atom stereocenters. The number of unbranched alkanes of at least 4 members (excludes halogenated alkanes) is 3. The summed E-state index contributed by atoms with van der Waals surface area (Å²) in [7, 11) is 0. The highest BCUT2D eigenvalue weighted by Crippen LogP contribution is 2.26. The van der Waals surface area contributed by atoms with Gasteiger partial charge in [0.15, 0.2) is 0 Å². The van der Waals surface area contributed by atoms with Crippen molar-refractivity contribution in [3.63, 3.8) is 0 Å². The third-order valence-electron chi connectivity index (χ3n) is 10.2. The van der Waals surface area contributed by atoms with Gasteiger partial charge in [-0.15, -0.1) is 0 Å². The number of carbonyl (C=O) groups is 9. The summed E-state index contributed by atoms with van der Waals surface area (Å²) >= 11 is 0. The maximum Gasteiger partial charge on any atom is 0.333 e. The number of urea groups is 3. The number of carbonyl (C=O) groups excluding carboxylic acids is 9. The highest BCUT2D eigenvalue weighted by atomic mass is 16.3. The fourth-order valence-corrected chi connectivity index (χ4v) is 7.01. The molecule has 0 aromatic carbocycles. The van der Waals surface area contributed by atoms with Gasteiger partial charge in [-0.3, -0.25) is 63.1 Å². The van der Waals surface area contributed by atoms with Crippen LogP contribution in [0.3, 0.4) is 0 Å². The molecule has 3 rings (SSSR count). The molecule has 0 aliphatic carbocycles. The molecule has 12 amide bonds. The Balaban J connectivity index is 1.93. The molecule has 3 saturated heterocycles. The van der Waals surface area contributed by atoms with E-state index in [1.165, 1.54) is 0 Å². The van der Waals surface area contributed by atoms with E-state index in [9.17, 15) is 58.5 Å². The van der Waals surface area contributed by atoms with Gasteiger partial charge < -0.3 is 15.3 Å². The van der Waals surface area contributed by atoms with Gasteiger partial charge in [0, 0.05) is 39.3 Å². The fraction of sp³-hybridized carbons (Fsp3) is 0.750. The molecule has 3 atom stereocenters. The van der Waals surface area contributed by atoms with Crippen LogP contribution in [0, 0.1) is 17.8 Å². The van der Waals surface area contributed by atoms with E-state index in [1.54, 1.807) is 4.90 Å². The number of imide groups is 6. The van der Waals surface area contributed by atoms with Crippen LogP contribution in [0.4, 0.5) is 14.4 Å². The van der Waals surface area contributed by atoms with Gasteiger partial charge in [0.1, 0.15) is 17.8 Å². The zero-order chi connectivity index (χ0) is 40.8. The van der Waals surface area contributed by atoms with Crippen molar-refractivity contribution >= 4 is 53.5 Å². The molecule has 0 bridgehead atoms. The SMILES string of the molecule is CCCCC1C(=O)N(CCO)C(=O)N(CCN(CCN2C(=O)C(CCCC)C(=O)N(CCO)C2=O)CCN2C(=O)C(CCCC)C(=O)N(CCO)C2=O)C1=O. The molecule has 0 saturated carbocycles. The van der Waals surface area contributed by atoms with Crippen LogP contribution in [0.15, 0.2) is 0 Å². The van der Waals surface area contributed by atoms with Crippen molar-refractivity contribution in [2.75, 3.05) is 78.7 Å². The quantitative estimate of drug-likeness (QED) is 0.110. The second-order valence-corrected chi connectivity index (χ2v) is 13.9. The Bertz CT molecular complexity index is 1280. The Morgan fingerprint density at radius 2 is 0.618 bits per heavy atom. The molecule has 0 radical (unpaired) electrons. The first-order valence-electron chi connectivity index (χ1n) is 19.4. The highest BCUT2D eigenvalue weighted by molar-refractivity contribution is 6.17. The number of aliphatic hydroxyl groups excluding tert-OH is 3. The lowest BCUT2D eigenvalue weighted by Crippen LogP contribution is -2.63. The normalized spacial score (nSPS) is 21.4. The van der Waals surface area contributed by atoms with Crippen LogP contribution in [0.25, 0.3) is 0 Å². The van der Waals surface area contributed by atoms with E-state index >= 15 is 0 Å². The average Bonchev–Trinajstić information content (AvgIpc) is 3.16. The molecule has 3 aliphatic heterocycles. The number of nitrogens with zero attached hydrogens (tertiary/aromatic N) is 7. The lowest BCUT2D eigenvalue weighted by atomic mass is 9.96. The number of hydrogen-bond donors (Lipinski definition) is 3. The second-order valence-electron chi connectivity index (χ2n) is 13.9. The van der Waals surface area contributed by atoms with Crippen molar-refractivity contribution in [3.05, 3.63) is 0 Å². The first-order chi connectivity index (χ1) is 26.3. The molecule has 0 aromatic rings. The molecule has 55 heavy (non-hydrogen) atoms. The second kappa shape index (κ2) is 21.7. The summed E-state index contributed by atoms with van der Waals surface area (Å²) in [6.07, 6.45) is 4.20. The molecular formula is C36H57N7O12. The predicted molar refractivity (Wildman–Crippen MR) is 193 cm³/mol. The van der Waals surface area contributed by atoms with E-state index in [4.69, 9.17) is 0 Å². The van der Waals surface area contributed by atoms with E-state index in [1.807, 2.05) is 20.8 Å². The van der Waals surface area contributed by atoms with Crippen LogP contribution in [-0.4, -0.2) is 182 Å². The molecule has 3 heterocycles. The zero-order valence-corrected chi connectivity index (χ0v) is 32.2. The molecular weight excluding hydrogens is 722 g/mol. The summed E-state index contributed by atoms with van der Waals surface area (Å²) in [5.74, 6) is -7.67. The number of barbiturate groups is 3. The minimum absolute atomic E-state index is 0.108. The monoisotopic (exact) mass is 779 g/mol. The molecule has 3 N–H and O–H groups in total. The Kier molecular flexibility index (Phi) is 17.8. The van der Waals surface area contributed by atoms with E-state index in [2.05, 4.69) is 0 Å². The molecule has 3 aliphatic rings. The van der Waals surface area contributed by atoms with Gasteiger partial charge in [-0.1, -0.05) is 59.3 Å². The lowest BCUT2D eigenvalue weighted by Gasteiger charge is -2.40. The van der Waals surface area contributed by atoms with Gasteiger partial charge in [0.2, 0.25) is 35.4 Å². The number of amides is 12. The molecule has 3 fully saturated rings. The first kappa shape index (κ1) is 45.1. The molecule has 0 spiro atoms. The highest BCUT2D eigenvalue weighted by Gasteiger charge is 2.48. The summed E-state index contributed by atoms with van der Waals surface area (Å²) in [5.41, 5.74) is 0. The van der Waals surface area contributed by atoms with Crippen molar-refractivity contribution < 1.29 is 58.5 Å². The van der Waals surface area contributed by atoms with Crippen LogP contribution >= 0.6 is 0 Å². The molecule has 308 valence electrons. The van der Waals surface area contributed by atoms with Gasteiger partial charge >= 0.3 is 18.1 Å². The standard InChI is InChI=1S/C36H57N7O12/c1-4-7-10-25-28(47)38(34(53)41(19-22-44)31(25)50)16-13-37(14-17-39-29(48)26(11-8-5-2)32(51)42(20-23-45)35(39)54)15-18-40-30(49)27(12-9-6-3)33(52)43(21-24-46)36(40)55/h25-27,44-46H,4-24H2,1-3H3. The Labute approximate surface area is 321 Å². The topological polar surface area (TPSA) is 237 Å². The predicted octanol–water partition coefficient (Wildman–Crippen LogP) is 0.0569. The minimum atomic E-state index is -1.14. The summed E-state index contributed by atoms with van der Waals surface area (Å²) in [4.78, 5) is 127.